The van der Waals surface area contributed by atoms with Crippen LogP contribution in [0.1, 0.15) is 5.56 Å². The van der Waals surface area contributed by atoms with Crippen molar-refractivity contribution < 1.29 is 0 Å². The van der Waals surface area contributed by atoms with Gasteiger partial charge in [-0.2, -0.15) is 5.10 Å². The maximum Gasteiger partial charge on any atom is 0.148 e. The topological polar surface area (TPSA) is 43.8 Å². The van der Waals surface area contributed by atoms with Crippen LogP contribution in [-0.2, 0) is 0 Å². The number of hydrogen-bond donors (Lipinski definition) is 1. The Kier molecular flexibility index (Phi) is 2.68. The lowest BCUT2D eigenvalue weighted by Gasteiger charge is -2.02. The summed E-state index contributed by atoms with van der Waals surface area (Å²) in [6.07, 6.45) is 4.00. The third-order valence-corrected chi connectivity index (χ3v) is 2.98. The van der Waals surface area contributed by atoms with Gasteiger partial charge in [-0.05, 0) is 31.4 Å². The predicted octanol–water partition coefficient (Wildman–Crippen LogP) is 2.48. The minimum Gasteiger partial charge on any atom is -0.382 e. The van der Waals surface area contributed by atoms with Crippen LogP contribution in [0.25, 0.3) is 5.69 Å². The smallest absolute Gasteiger partial charge is 0.148 e. The van der Waals surface area contributed by atoms with Gasteiger partial charge in [0.05, 0.1) is 5.69 Å². The lowest BCUT2D eigenvalue weighted by atomic mass is 10.3. The van der Waals surface area contributed by atoms with Crippen LogP contribution in [0, 0.1) is 6.92 Å². The molecule has 2 rings (SSSR count). The summed E-state index contributed by atoms with van der Waals surface area (Å²) in [5.41, 5.74) is 7.76. The van der Waals surface area contributed by atoms with Crippen LogP contribution >= 0.6 is 11.8 Å². The van der Waals surface area contributed by atoms with Gasteiger partial charge in [0.1, 0.15) is 5.82 Å². The second-order valence-corrected chi connectivity index (χ2v) is 4.22. The number of anilines is 1. The lowest BCUT2D eigenvalue weighted by molar-refractivity contribution is 0.882. The number of hydrogen-bond acceptors (Lipinski definition) is 3. The first-order valence-electron chi connectivity index (χ1n) is 4.67. The standard InChI is InChI=1S/C11H13N3S/c1-8-7-14(13-11(8)12)9-4-3-5-10(6-9)15-2/h3-7H,1-2H3,(H2,12,13). The fourth-order valence-corrected chi connectivity index (χ4v) is 1.81. The van der Waals surface area contributed by atoms with Crippen molar-refractivity contribution in [2.24, 2.45) is 0 Å². The Hall–Kier alpha value is -1.42. The molecule has 0 spiro atoms. The van der Waals surface area contributed by atoms with Crippen molar-refractivity contribution in [2.75, 3.05) is 12.0 Å². The third kappa shape index (κ3) is 1.99. The van der Waals surface area contributed by atoms with Crippen LogP contribution in [0.4, 0.5) is 5.82 Å². The Labute approximate surface area is 93.3 Å². The van der Waals surface area contributed by atoms with Gasteiger partial charge < -0.3 is 5.73 Å². The van der Waals surface area contributed by atoms with Crippen LogP contribution in [0.3, 0.4) is 0 Å². The zero-order chi connectivity index (χ0) is 10.8. The molecule has 15 heavy (non-hydrogen) atoms. The molecule has 0 unspecified atom stereocenters. The van der Waals surface area contributed by atoms with Crippen molar-refractivity contribution in [3.8, 4) is 5.69 Å². The molecule has 0 atom stereocenters. The Morgan fingerprint density at radius 2 is 2.20 bits per heavy atom. The molecule has 0 amide bonds. The van der Waals surface area contributed by atoms with Gasteiger partial charge in [-0.3, -0.25) is 0 Å². The van der Waals surface area contributed by atoms with Crippen molar-refractivity contribution in [1.82, 2.24) is 9.78 Å². The monoisotopic (exact) mass is 219 g/mol. The van der Waals surface area contributed by atoms with E-state index in [-0.39, 0.29) is 0 Å². The summed E-state index contributed by atoms with van der Waals surface area (Å²) in [5.74, 6) is 0.588. The highest BCUT2D eigenvalue weighted by molar-refractivity contribution is 7.98. The number of aromatic nitrogens is 2. The third-order valence-electron chi connectivity index (χ3n) is 2.25. The molecule has 0 aliphatic heterocycles. The first kappa shape index (κ1) is 10.1. The molecule has 4 heteroatoms. The zero-order valence-corrected chi connectivity index (χ0v) is 9.58. The molecule has 78 valence electrons. The number of nitrogen functional groups attached to an aromatic ring is 1. The molecule has 2 aromatic rings. The summed E-state index contributed by atoms with van der Waals surface area (Å²) < 4.78 is 1.81. The molecule has 1 heterocycles. The average Bonchev–Trinajstić information content (AvgIpc) is 2.59. The highest BCUT2D eigenvalue weighted by atomic mass is 32.2. The number of rotatable bonds is 2. The SMILES string of the molecule is CSc1cccc(-n2cc(C)c(N)n2)c1. The Balaban J connectivity index is 2.44. The maximum atomic E-state index is 5.71. The van der Waals surface area contributed by atoms with E-state index in [4.69, 9.17) is 5.73 Å². The summed E-state index contributed by atoms with van der Waals surface area (Å²) in [6, 6.07) is 8.21. The Morgan fingerprint density at radius 1 is 1.40 bits per heavy atom. The maximum absolute atomic E-state index is 5.71. The van der Waals surface area contributed by atoms with E-state index in [0.717, 1.165) is 11.3 Å². The van der Waals surface area contributed by atoms with E-state index in [1.165, 1.54) is 4.90 Å². The van der Waals surface area contributed by atoms with E-state index < -0.39 is 0 Å². The van der Waals surface area contributed by atoms with E-state index in [9.17, 15) is 0 Å². The fraction of sp³-hybridized carbons (Fsp3) is 0.182. The number of nitrogens with two attached hydrogens (primary N) is 1. The zero-order valence-electron chi connectivity index (χ0n) is 8.77. The predicted molar refractivity (Wildman–Crippen MR) is 64.5 cm³/mol. The van der Waals surface area contributed by atoms with Crippen molar-refractivity contribution in [2.45, 2.75) is 11.8 Å². The summed E-state index contributed by atoms with van der Waals surface area (Å²) in [7, 11) is 0. The van der Waals surface area contributed by atoms with Crippen molar-refractivity contribution in [3.05, 3.63) is 36.0 Å². The number of nitrogens with zero attached hydrogens (tertiary/aromatic N) is 2. The molecule has 0 aliphatic carbocycles. The Morgan fingerprint density at radius 3 is 2.80 bits per heavy atom. The molecular weight excluding hydrogens is 206 g/mol. The van der Waals surface area contributed by atoms with Crippen LogP contribution in [-0.4, -0.2) is 16.0 Å². The van der Waals surface area contributed by atoms with Crippen LogP contribution < -0.4 is 5.73 Å². The molecular formula is C11H13N3S. The van der Waals surface area contributed by atoms with Crippen molar-refractivity contribution >= 4 is 17.6 Å². The molecule has 3 nitrogen and oxygen atoms in total. The molecule has 1 aromatic heterocycles. The minimum absolute atomic E-state index is 0.588. The summed E-state index contributed by atoms with van der Waals surface area (Å²) in [5, 5.41) is 4.24. The molecule has 0 saturated heterocycles. The van der Waals surface area contributed by atoms with Gasteiger partial charge in [0.15, 0.2) is 0 Å². The van der Waals surface area contributed by atoms with Gasteiger partial charge in [0, 0.05) is 16.7 Å². The minimum atomic E-state index is 0.588. The van der Waals surface area contributed by atoms with Crippen LogP contribution in [0.15, 0.2) is 35.4 Å². The molecule has 0 bridgehead atoms. The first-order valence-corrected chi connectivity index (χ1v) is 5.89. The first-order chi connectivity index (χ1) is 7.20. The second-order valence-electron chi connectivity index (χ2n) is 3.34. The van der Waals surface area contributed by atoms with E-state index in [0.29, 0.717) is 5.82 Å². The summed E-state index contributed by atoms with van der Waals surface area (Å²) in [4.78, 5) is 1.22. The quantitative estimate of drug-likeness (QED) is 0.789. The fourth-order valence-electron chi connectivity index (χ4n) is 1.36. The molecule has 0 saturated carbocycles. The van der Waals surface area contributed by atoms with Gasteiger partial charge in [0.2, 0.25) is 0 Å². The summed E-state index contributed by atoms with van der Waals surface area (Å²) in [6.45, 7) is 1.96. The largest absolute Gasteiger partial charge is 0.382 e. The average molecular weight is 219 g/mol. The highest BCUT2D eigenvalue weighted by Gasteiger charge is 2.03. The number of thioether (sulfide) groups is 1. The van der Waals surface area contributed by atoms with Gasteiger partial charge in [-0.25, -0.2) is 4.68 Å². The van der Waals surface area contributed by atoms with Crippen molar-refractivity contribution in [1.29, 1.82) is 0 Å². The Bertz CT molecular complexity index is 457. The van der Waals surface area contributed by atoms with Crippen LogP contribution in [0.2, 0.25) is 0 Å². The normalized spacial score (nSPS) is 10.5. The molecule has 1 aromatic carbocycles. The lowest BCUT2D eigenvalue weighted by Crippen LogP contribution is -1.95. The molecule has 2 N–H and O–H groups in total. The van der Waals surface area contributed by atoms with E-state index in [1.807, 2.05) is 29.9 Å². The summed E-state index contributed by atoms with van der Waals surface area (Å²) >= 11 is 1.72. The van der Waals surface area contributed by atoms with E-state index >= 15 is 0 Å². The second kappa shape index (κ2) is 3.98. The molecule has 0 aliphatic rings. The number of benzene rings is 1. The van der Waals surface area contributed by atoms with Crippen LogP contribution in [0.5, 0.6) is 0 Å². The van der Waals surface area contributed by atoms with E-state index in [2.05, 4.69) is 23.5 Å². The highest BCUT2D eigenvalue weighted by Crippen LogP contribution is 2.19. The van der Waals surface area contributed by atoms with Gasteiger partial charge in [-0.15, -0.1) is 11.8 Å². The van der Waals surface area contributed by atoms with Gasteiger partial charge >= 0.3 is 0 Å². The molecule has 0 radical (unpaired) electrons. The number of aryl methyl sites for hydroxylation is 1. The van der Waals surface area contributed by atoms with Gasteiger partial charge in [-0.1, -0.05) is 6.07 Å². The van der Waals surface area contributed by atoms with Gasteiger partial charge in [0.25, 0.3) is 0 Å². The molecule has 0 fully saturated rings. The van der Waals surface area contributed by atoms with Crippen molar-refractivity contribution in [3.63, 3.8) is 0 Å². The van der Waals surface area contributed by atoms with E-state index in [1.54, 1.807) is 11.8 Å².